The number of nitrogens with zero attached hydrogens (tertiary/aromatic N) is 1. The van der Waals surface area contributed by atoms with Crippen LogP contribution in [-0.4, -0.2) is 23.3 Å². The molecule has 1 aliphatic rings. The van der Waals surface area contributed by atoms with E-state index in [9.17, 15) is 9.59 Å². The first kappa shape index (κ1) is 12.2. The first-order chi connectivity index (χ1) is 7.25. The molecule has 0 aromatic heterocycles. The molecule has 3 heteroatoms. The number of unbranched alkanes of at least 4 members (excludes halogenated alkanes) is 4. The first-order valence-electron chi connectivity index (χ1n) is 6.09. The van der Waals surface area contributed by atoms with Crippen molar-refractivity contribution in [3.63, 3.8) is 0 Å². The largest absolute Gasteiger partial charge is 0.283 e. The average molecular weight is 211 g/mol. The van der Waals surface area contributed by atoms with E-state index < -0.39 is 0 Å². The van der Waals surface area contributed by atoms with Gasteiger partial charge in [0.1, 0.15) is 0 Å². The molecular weight excluding hydrogens is 190 g/mol. The van der Waals surface area contributed by atoms with Crippen molar-refractivity contribution < 1.29 is 9.59 Å². The zero-order chi connectivity index (χ0) is 11.1. The fourth-order valence-electron chi connectivity index (χ4n) is 1.93. The molecular formula is C12H21NO2. The highest BCUT2D eigenvalue weighted by molar-refractivity contribution is 5.96. The summed E-state index contributed by atoms with van der Waals surface area (Å²) in [7, 11) is 0. The quantitative estimate of drug-likeness (QED) is 0.633. The van der Waals surface area contributed by atoms with Crippen LogP contribution in [0.2, 0.25) is 0 Å². The topological polar surface area (TPSA) is 37.4 Å². The number of hydrogen-bond acceptors (Lipinski definition) is 2. The Morgan fingerprint density at radius 2 is 2.00 bits per heavy atom. The van der Waals surface area contributed by atoms with E-state index >= 15 is 0 Å². The Labute approximate surface area is 91.8 Å². The molecule has 1 fully saturated rings. The van der Waals surface area contributed by atoms with Gasteiger partial charge in [-0.2, -0.15) is 0 Å². The normalized spacial score (nSPS) is 16.1. The first-order valence-corrected chi connectivity index (χ1v) is 6.09. The number of rotatable bonds is 6. The lowest BCUT2D eigenvalue weighted by Crippen LogP contribution is -2.31. The van der Waals surface area contributed by atoms with Crippen LogP contribution in [0.15, 0.2) is 0 Å². The summed E-state index contributed by atoms with van der Waals surface area (Å²) in [6, 6.07) is 0. The summed E-state index contributed by atoms with van der Waals surface area (Å²) in [6.45, 7) is 2.82. The molecule has 0 unspecified atom stereocenters. The van der Waals surface area contributed by atoms with Crippen LogP contribution in [0.4, 0.5) is 0 Å². The second-order valence-corrected chi connectivity index (χ2v) is 4.21. The molecule has 1 saturated heterocycles. The molecule has 15 heavy (non-hydrogen) atoms. The Hall–Kier alpha value is -0.860. The number of likely N-dealkylation sites (tertiary alicyclic amines) is 1. The van der Waals surface area contributed by atoms with Crippen molar-refractivity contribution in [1.29, 1.82) is 0 Å². The van der Waals surface area contributed by atoms with Gasteiger partial charge in [0.2, 0.25) is 11.8 Å². The van der Waals surface area contributed by atoms with Crippen LogP contribution in [-0.2, 0) is 9.59 Å². The fraction of sp³-hybridized carbons (Fsp3) is 0.833. The van der Waals surface area contributed by atoms with E-state index in [-0.39, 0.29) is 11.8 Å². The van der Waals surface area contributed by atoms with Gasteiger partial charge in [0.25, 0.3) is 0 Å². The molecule has 2 amide bonds. The third-order valence-corrected chi connectivity index (χ3v) is 2.87. The molecule has 0 bridgehead atoms. The maximum Gasteiger partial charge on any atom is 0.229 e. The number of amides is 2. The van der Waals surface area contributed by atoms with Gasteiger partial charge in [-0.15, -0.1) is 0 Å². The maximum absolute atomic E-state index is 11.6. The van der Waals surface area contributed by atoms with Crippen LogP contribution in [0.5, 0.6) is 0 Å². The zero-order valence-electron chi connectivity index (χ0n) is 9.63. The van der Waals surface area contributed by atoms with Crippen molar-refractivity contribution in [3.05, 3.63) is 0 Å². The van der Waals surface area contributed by atoms with Crippen LogP contribution in [0.3, 0.4) is 0 Å². The zero-order valence-corrected chi connectivity index (χ0v) is 9.63. The molecule has 0 aliphatic carbocycles. The Balaban J connectivity index is 2.10. The third kappa shape index (κ3) is 4.02. The molecule has 0 aromatic carbocycles. The van der Waals surface area contributed by atoms with E-state index in [4.69, 9.17) is 0 Å². The van der Waals surface area contributed by atoms with Crippen LogP contribution in [0.1, 0.15) is 58.3 Å². The molecule has 0 radical (unpaired) electrons. The van der Waals surface area contributed by atoms with Gasteiger partial charge < -0.3 is 0 Å². The second kappa shape index (κ2) is 6.59. The Bertz CT molecular complexity index is 226. The van der Waals surface area contributed by atoms with Crippen molar-refractivity contribution in [2.45, 2.75) is 58.3 Å². The number of carbonyl (C=O) groups excluding carboxylic acids is 2. The minimum atomic E-state index is 0.0218. The number of imide groups is 1. The smallest absolute Gasteiger partial charge is 0.229 e. The van der Waals surface area contributed by atoms with Gasteiger partial charge in [-0.25, -0.2) is 0 Å². The summed E-state index contributed by atoms with van der Waals surface area (Å²) < 4.78 is 0. The van der Waals surface area contributed by atoms with Crippen LogP contribution in [0, 0.1) is 0 Å². The van der Waals surface area contributed by atoms with Crippen molar-refractivity contribution in [2.75, 3.05) is 6.54 Å². The molecule has 0 saturated carbocycles. The van der Waals surface area contributed by atoms with Gasteiger partial charge in [0, 0.05) is 19.4 Å². The molecule has 86 valence electrons. The van der Waals surface area contributed by atoms with Gasteiger partial charge in [-0.1, -0.05) is 32.6 Å². The van der Waals surface area contributed by atoms with Crippen LogP contribution in [0.25, 0.3) is 0 Å². The lowest BCUT2D eigenvalue weighted by molar-refractivity contribution is -0.141. The van der Waals surface area contributed by atoms with E-state index in [1.807, 2.05) is 0 Å². The van der Waals surface area contributed by atoms with Gasteiger partial charge in [-0.05, 0) is 12.8 Å². The highest BCUT2D eigenvalue weighted by Crippen LogP contribution is 2.13. The standard InChI is InChI=1S/C12H21NO2/c1-2-3-4-5-6-8-11(14)13-10-7-9-12(13)15/h2-10H2,1H3. The van der Waals surface area contributed by atoms with Gasteiger partial charge in [0.15, 0.2) is 0 Å². The predicted octanol–water partition coefficient (Wildman–Crippen LogP) is 2.50. The second-order valence-electron chi connectivity index (χ2n) is 4.21. The van der Waals surface area contributed by atoms with Crippen molar-refractivity contribution in [2.24, 2.45) is 0 Å². The van der Waals surface area contributed by atoms with E-state index in [0.29, 0.717) is 19.4 Å². The van der Waals surface area contributed by atoms with Crippen molar-refractivity contribution in [3.8, 4) is 0 Å². The Kier molecular flexibility index (Phi) is 5.37. The summed E-state index contributed by atoms with van der Waals surface area (Å²) in [5, 5.41) is 0. The third-order valence-electron chi connectivity index (χ3n) is 2.87. The van der Waals surface area contributed by atoms with Gasteiger partial charge >= 0.3 is 0 Å². The molecule has 1 heterocycles. The highest BCUT2D eigenvalue weighted by Gasteiger charge is 2.25. The van der Waals surface area contributed by atoms with Crippen molar-refractivity contribution in [1.82, 2.24) is 4.90 Å². The fourth-order valence-corrected chi connectivity index (χ4v) is 1.93. The van der Waals surface area contributed by atoms with Crippen LogP contribution >= 0.6 is 0 Å². The molecule has 0 N–H and O–H groups in total. The summed E-state index contributed by atoms with van der Waals surface area (Å²) in [4.78, 5) is 24.3. The predicted molar refractivity (Wildman–Crippen MR) is 59.3 cm³/mol. The lowest BCUT2D eigenvalue weighted by Gasteiger charge is -2.12. The molecule has 0 aromatic rings. The lowest BCUT2D eigenvalue weighted by atomic mass is 10.1. The average Bonchev–Trinajstić information content (AvgIpc) is 2.64. The maximum atomic E-state index is 11.6. The molecule has 3 nitrogen and oxygen atoms in total. The SMILES string of the molecule is CCCCCCCC(=O)N1CCCC1=O. The summed E-state index contributed by atoms with van der Waals surface area (Å²) >= 11 is 0. The molecule has 1 aliphatic heterocycles. The highest BCUT2D eigenvalue weighted by atomic mass is 16.2. The minimum absolute atomic E-state index is 0.0218. The van der Waals surface area contributed by atoms with E-state index in [1.54, 1.807) is 0 Å². The summed E-state index contributed by atoms with van der Waals surface area (Å²) in [5.74, 6) is 0.0579. The Morgan fingerprint density at radius 3 is 2.60 bits per heavy atom. The summed E-state index contributed by atoms with van der Waals surface area (Å²) in [6.07, 6.45) is 7.68. The Morgan fingerprint density at radius 1 is 1.27 bits per heavy atom. The van der Waals surface area contributed by atoms with Gasteiger partial charge in [0.05, 0.1) is 0 Å². The van der Waals surface area contributed by atoms with E-state index in [1.165, 1.54) is 24.2 Å². The van der Waals surface area contributed by atoms with Crippen molar-refractivity contribution >= 4 is 11.8 Å². The minimum Gasteiger partial charge on any atom is -0.283 e. The van der Waals surface area contributed by atoms with E-state index in [2.05, 4.69) is 6.92 Å². The van der Waals surface area contributed by atoms with Gasteiger partial charge in [-0.3, -0.25) is 14.5 Å². The number of carbonyl (C=O) groups is 2. The van der Waals surface area contributed by atoms with E-state index in [0.717, 1.165) is 19.3 Å². The monoisotopic (exact) mass is 211 g/mol. The summed E-state index contributed by atoms with van der Waals surface area (Å²) in [5.41, 5.74) is 0. The molecule has 0 spiro atoms. The molecule has 0 atom stereocenters. The molecule has 1 rings (SSSR count). The van der Waals surface area contributed by atoms with Crippen LogP contribution < -0.4 is 0 Å². The number of hydrogen-bond donors (Lipinski definition) is 0.